The lowest BCUT2D eigenvalue weighted by atomic mass is 9.95. The molecular formula is C12H22O3. The van der Waals surface area contributed by atoms with E-state index in [9.17, 15) is 5.11 Å². The Morgan fingerprint density at radius 3 is 2.60 bits per heavy atom. The number of hydrogen-bond donors (Lipinski definition) is 1. The van der Waals surface area contributed by atoms with E-state index in [2.05, 4.69) is 0 Å². The first-order valence-electron chi connectivity index (χ1n) is 6.27. The molecule has 0 aromatic rings. The summed E-state index contributed by atoms with van der Waals surface area (Å²) in [6, 6.07) is 0. The summed E-state index contributed by atoms with van der Waals surface area (Å²) in [6.07, 6.45) is 7.87. The van der Waals surface area contributed by atoms with Crippen molar-refractivity contribution in [3.05, 3.63) is 0 Å². The number of ether oxygens (including phenoxy) is 2. The first-order valence-corrected chi connectivity index (χ1v) is 6.27. The number of hydrogen-bond acceptors (Lipinski definition) is 3. The van der Waals surface area contributed by atoms with E-state index < -0.39 is 0 Å². The lowest BCUT2D eigenvalue weighted by molar-refractivity contribution is -0.105. The molecule has 1 saturated heterocycles. The molecule has 1 aliphatic carbocycles. The van der Waals surface area contributed by atoms with Crippen LogP contribution in [0.3, 0.4) is 0 Å². The van der Waals surface area contributed by atoms with Gasteiger partial charge in [0.05, 0.1) is 24.9 Å². The Labute approximate surface area is 91.8 Å². The zero-order chi connectivity index (χ0) is 10.5. The van der Waals surface area contributed by atoms with Crippen LogP contribution in [-0.4, -0.2) is 36.6 Å². The Morgan fingerprint density at radius 2 is 1.87 bits per heavy atom. The minimum Gasteiger partial charge on any atom is -0.390 e. The summed E-state index contributed by atoms with van der Waals surface area (Å²) in [7, 11) is 0. The van der Waals surface area contributed by atoms with Gasteiger partial charge < -0.3 is 14.6 Å². The standard InChI is InChI=1S/C12H22O3/c13-11-6-1-2-7-12(11)15-9-10-5-3-4-8-14-10/h10-13H,1-9H2. The van der Waals surface area contributed by atoms with E-state index in [0.717, 1.165) is 32.3 Å². The smallest absolute Gasteiger partial charge is 0.0835 e. The van der Waals surface area contributed by atoms with Crippen molar-refractivity contribution in [2.45, 2.75) is 63.3 Å². The van der Waals surface area contributed by atoms with Gasteiger partial charge in [-0.1, -0.05) is 12.8 Å². The average molecular weight is 214 g/mol. The SMILES string of the molecule is OC1CCCCC1OCC1CCCCO1. The van der Waals surface area contributed by atoms with Crippen LogP contribution in [0.5, 0.6) is 0 Å². The molecule has 0 spiro atoms. The minimum atomic E-state index is -0.248. The van der Waals surface area contributed by atoms with Crippen LogP contribution in [0.15, 0.2) is 0 Å². The maximum Gasteiger partial charge on any atom is 0.0835 e. The molecule has 3 nitrogen and oxygen atoms in total. The quantitative estimate of drug-likeness (QED) is 0.779. The van der Waals surface area contributed by atoms with Crippen molar-refractivity contribution < 1.29 is 14.6 Å². The molecule has 3 atom stereocenters. The van der Waals surface area contributed by atoms with Gasteiger partial charge in [-0.2, -0.15) is 0 Å². The molecule has 2 aliphatic rings. The van der Waals surface area contributed by atoms with Crippen molar-refractivity contribution >= 4 is 0 Å². The second kappa shape index (κ2) is 5.83. The molecule has 3 heteroatoms. The van der Waals surface area contributed by atoms with Gasteiger partial charge in [-0.15, -0.1) is 0 Å². The number of aliphatic hydroxyl groups is 1. The first kappa shape index (κ1) is 11.4. The Balaban J connectivity index is 1.67. The fourth-order valence-electron chi connectivity index (χ4n) is 2.44. The molecule has 0 aromatic carbocycles. The van der Waals surface area contributed by atoms with Crippen molar-refractivity contribution in [3.8, 4) is 0 Å². The molecule has 88 valence electrons. The molecule has 1 saturated carbocycles. The van der Waals surface area contributed by atoms with E-state index in [-0.39, 0.29) is 18.3 Å². The van der Waals surface area contributed by atoms with Gasteiger partial charge in [0.1, 0.15) is 0 Å². The molecule has 1 heterocycles. The summed E-state index contributed by atoms with van der Waals surface area (Å²) < 4.78 is 11.4. The van der Waals surface area contributed by atoms with Crippen LogP contribution in [0.1, 0.15) is 44.9 Å². The lowest BCUT2D eigenvalue weighted by Crippen LogP contribution is -2.35. The summed E-state index contributed by atoms with van der Waals surface area (Å²) in [5, 5.41) is 9.73. The molecule has 0 amide bonds. The van der Waals surface area contributed by atoms with Crippen molar-refractivity contribution in [2.24, 2.45) is 0 Å². The summed E-state index contributed by atoms with van der Waals surface area (Å²) in [5.74, 6) is 0. The van der Waals surface area contributed by atoms with Gasteiger partial charge in [0.2, 0.25) is 0 Å². The Hall–Kier alpha value is -0.120. The molecule has 0 bridgehead atoms. The molecular weight excluding hydrogens is 192 g/mol. The van der Waals surface area contributed by atoms with E-state index in [1.54, 1.807) is 0 Å². The lowest BCUT2D eigenvalue weighted by Gasteiger charge is -2.30. The van der Waals surface area contributed by atoms with Crippen LogP contribution in [0.2, 0.25) is 0 Å². The van der Waals surface area contributed by atoms with Gasteiger partial charge in [-0.25, -0.2) is 0 Å². The molecule has 3 unspecified atom stereocenters. The van der Waals surface area contributed by atoms with Gasteiger partial charge in [0.25, 0.3) is 0 Å². The second-order valence-electron chi connectivity index (χ2n) is 4.71. The topological polar surface area (TPSA) is 38.7 Å². The van der Waals surface area contributed by atoms with E-state index in [1.165, 1.54) is 19.3 Å². The van der Waals surface area contributed by atoms with Crippen LogP contribution >= 0.6 is 0 Å². The fourth-order valence-corrected chi connectivity index (χ4v) is 2.44. The number of aliphatic hydroxyl groups excluding tert-OH is 1. The maximum absolute atomic E-state index is 9.73. The number of rotatable bonds is 3. The van der Waals surface area contributed by atoms with Crippen molar-refractivity contribution in [3.63, 3.8) is 0 Å². The summed E-state index contributed by atoms with van der Waals surface area (Å²) in [6.45, 7) is 1.54. The zero-order valence-corrected chi connectivity index (χ0v) is 9.36. The average Bonchev–Trinajstić information content (AvgIpc) is 2.29. The Morgan fingerprint density at radius 1 is 1.07 bits per heavy atom. The monoisotopic (exact) mass is 214 g/mol. The molecule has 2 rings (SSSR count). The minimum absolute atomic E-state index is 0.0595. The van der Waals surface area contributed by atoms with Crippen LogP contribution in [0.25, 0.3) is 0 Å². The second-order valence-corrected chi connectivity index (χ2v) is 4.71. The van der Waals surface area contributed by atoms with Crippen LogP contribution in [0.4, 0.5) is 0 Å². The normalized spacial score (nSPS) is 37.8. The van der Waals surface area contributed by atoms with Crippen LogP contribution in [-0.2, 0) is 9.47 Å². The first-order chi connectivity index (χ1) is 7.36. The molecule has 2 fully saturated rings. The van der Waals surface area contributed by atoms with Crippen LogP contribution < -0.4 is 0 Å². The van der Waals surface area contributed by atoms with Crippen LogP contribution in [0, 0.1) is 0 Å². The predicted molar refractivity (Wildman–Crippen MR) is 57.8 cm³/mol. The zero-order valence-electron chi connectivity index (χ0n) is 9.36. The summed E-state index contributed by atoms with van der Waals surface area (Å²) >= 11 is 0. The molecule has 1 N–H and O–H groups in total. The third-order valence-corrected chi connectivity index (χ3v) is 3.44. The van der Waals surface area contributed by atoms with E-state index in [0.29, 0.717) is 6.61 Å². The van der Waals surface area contributed by atoms with Crippen molar-refractivity contribution in [1.29, 1.82) is 0 Å². The van der Waals surface area contributed by atoms with Gasteiger partial charge >= 0.3 is 0 Å². The van der Waals surface area contributed by atoms with Gasteiger partial charge in [0, 0.05) is 6.61 Å². The van der Waals surface area contributed by atoms with Crippen molar-refractivity contribution in [1.82, 2.24) is 0 Å². The van der Waals surface area contributed by atoms with Gasteiger partial charge in [-0.05, 0) is 32.1 Å². The van der Waals surface area contributed by atoms with E-state index in [1.807, 2.05) is 0 Å². The maximum atomic E-state index is 9.73. The summed E-state index contributed by atoms with van der Waals surface area (Å²) in [4.78, 5) is 0. The van der Waals surface area contributed by atoms with Gasteiger partial charge in [0.15, 0.2) is 0 Å². The van der Waals surface area contributed by atoms with E-state index in [4.69, 9.17) is 9.47 Å². The summed E-state index contributed by atoms with van der Waals surface area (Å²) in [5.41, 5.74) is 0. The Bertz CT molecular complexity index is 178. The molecule has 1 aliphatic heterocycles. The third-order valence-electron chi connectivity index (χ3n) is 3.44. The highest BCUT2D eigenvalue weighted by molar-refractivity contribution is 4.75. The molecule has 0 aromatic heterocycles. The third kappa shape index (κ3) is 3.44. The highest BCUT2D eigenvalue weighted by Gasteiger charge is 2.25. The highest BCUT2D eigenvalue weighted by Crippen LogP contribution is 2.22. The Kier molecular flexibility index (Phi) is 4.42. The van der Waals surface area contributed by atoms with Crippen molar-refractivity contribution in [2.75, 3.05) is 13.2 Å². The van der Waals surface area contributed by atoms with E-state index >= 15 is 0 Å². The largest absolute Gasteiger partial charge is 0.390 e. The van der Waals surface area contributed by atoms with Gasteiger partial charge in [-0.3, -0.25) is 0 Å². The highest BCUT2D eigenvalue weighted by atomic mass is 16.5. The molecule has 15 heavy (non-hydrogen) atoms. The molecule has 0 radical (unpaired) electrons. The predicted octanol–water partition coefficient (Wildman–Crippen LogP) is 1.88. The fraction of sp³-hybridized carbons (Fsp3) is 1.00.